The van der Waals surface area contributed by atoms with E-state index in [1.165, 1.54) is 12.1 Å². The van der Waals surface area contributed by atoms with Crippen molar-refractivity contribution in [2.24, 2.45) is 0 Å². The summed E-state index contributed by atoms with van der Waals surface area (Å²) in [6.45, 7) is 3.28. The summed E-state index contributed by atoms with van der Waals surface area (Å²) in [4.78, 5) is 23.9. The Hall–Kier alpha value is -2.99. The third-order valence-electron chi connectivity index (χ3n) is 4.50. The molecule has 0 heterocycles. The standard InChI is InChI=1S/C25H20Cl3NO4/c1-15-21(33-22(30)13-8-17-6-4-3-5-7-17)14-20(27)24(23(15)28)32-19-11-9-18(10-12-19)29-25(31)16(2)26/h3-14,16H,1-2H3,(H,29,31). The minimum Gasteiger partial charge on any atom is -0.454 e. The predicted octanol–water partition coefficient (Wildman–Crippen LogP) is 7.28. The Kier molecular flexibility index (Phi) is 8.39. The van der Waals surface area contributed by atoms with Crippen LogP contribution in [0.5, 0.6) is 17.2 Å². The van der Waals surface area contributed by atoms with E-state index in [0.717, 1.165) is 5.56 Å². The van der Waals surface area contributed by atoms with Gasteiger partial charge in [0.25, 0.3) is 0 Å². The van der Waals surface area contributed by atoms with Crippen LogP contribution in [0.3, 0.4) is 0 Å². The minimum absolute atomic E-state index is 0.175. The molecule has 33 heavy (non-hydrogen) atoms. The van der Waals surface area contributed by atoms with Crippen LogP contribution < -0.4 is 14.8 Å². The van der Waals surface area contributed by atoms with Crippen LogP contribution in [0.1, 0.15) is 18.1 Å². The number of carbonyl (C=O) groups excluding carboxylic acids is 2. The lowest BCUT2D eigenvalue weighted by Gasteiger charge is -2.15. The Bertz CT molecular complexity index is 1180. The largest absolute Gasteiger partial charge is 0.454 e. The van der Waals surface area contributed by atoms with Gasteiger partial charge in [-0.3, -0.25) is 4.79 Å². The minimum atomic E-state index is -0.650. The molecule has 170 valence electrons. The second kappa shape index (κ2) is 11.2. The van der Waals surface area contributed by atoms with Crippen molar-refractivity contribution >= 4 is 58.4 Å². The summed E-state index contributed by atoms with van der Waals surface area (Å²) in [6, 6.07) is 17.5. The van der Waals surface area contributed by atoms with E-state index in [2.05, 4.69) is 5.32 Å². The molecular formula is C25H20Cl3NO4. The number of alkyl halides is 1. The summed E-state index contributed by atoms with van der Waals surface area (Å²) >= 11 is 18.6. The van der Waals surface area contributed by atoms with Crippen molar-refractivity contribution in [3.63, 3.8) is 0 Å². The highest BCUT2D eigenvalue weighted by Gasteiger charge is 2.18. The number of esters is 1. The van der Waals surface area contributed by atoms with Gasteiger partial charge in [0.1, 0.15) is 16.9 Å². The second-order valence-corrected chi connectivity index (χ2v) is 8.46. The van der Waals surface area contributed by atoms with Gasteiger partial charge in [-0.25, -0.2) is 4.79 Å². The highest BCUT2D eigenvalue weighted by atomic mass is 35.5. The molecule has 1 N–H and O–H groups in total. The van der Waals surface area contributed by atoms with Crippen LogP contribution in [0.4, 0.5) is 5.69 Å². The van der Waals surface area contributed by atoms with Crippen LogP contribution in [0.15, 0.2) is 66.7 Å². The topological polar surface area (TPSA) is 64.6 Å². The molecule has 0 fully saturated rings. The molecule has 0 aliphatic heterocycles. The van der Waals surface area contributed by atoms with Gasteiger partial charge in [0.2, 0.25) is 5.91 Å². The quantitative estimate of drug-likeness (QED) is 0.159. The van der Waals surface area contributed by atoms with Gasteiger partial charge in [-0.05, 0) is 49.8 Å². The highest BCUT2D eigenvalue weighted by Crippen LogP contribution is 2.43. The van der Waals surface area contributed by atoms with Crippen LogP contribution in [0.2, 0.25) is 10.0 Å². The summed E-state index contributed by atoms with van der Waals surface area (Å²) in [7, 11) is 0. The molecule has 0 aliphatic carbocycles. The Balaban J connectivity index is 1.72. The maximum absolute atomic E-state index is 12.2. The predicted molar refractivity (Wildman–Crippen MR) is 133 cm³/mol. The Morgan fingerprint density at radius 3 is 2.33 bits per heavy atom. The van der Waals surface area contributed by atoms with E-state index >= 15 is 0 Å². The summed E-state index contributed by atoms with van der Waals surface area (Å²) in [5, 5.41) is 2.42. The Labute approximate surface area is 206 Å². The van der Waals surface area contributed by atoms with Crippen molar-refractivity contribution < 1.29 is 19.1 Å². The monoisotopic (exact) mass is 503 g/mol. The first-order chi connectivity index (χ1) is 15.7. The second-order valence-electron chi connectivity index (χ2n) is 7.02. The van der Waals surface area contributed by atoms with Crippen molar-refractivity contribution in [3.05, 3.63) is 87.9 Å². The molecule has 0 spiro atoms. The number of halogens is 3. The average molecular weight is 505 g/mol. The molecular weight excluding hydrogens is 485 g/mol. The number of nitrogens with one attached hydrogen (secondary N) is 1. The summed E-state index contributed by atoms with van der Waals surface area (Å²) in [5.41, 5.74) is 1.94. The Morgan fingerprint density at radius 1 is 1.03 bits per heavy atom. The fourth-order valence-electron chi connectivity index (χ4n) is 2.71. The number of carbonyl (C=O) groups is 2. The summed E-state index contributed by atoms with van der Waals surface area (Å²) < 4.78 is 11.2. The maximum atomic E-state index is 12.2. The number of benzene rings is 3. The lowest BCUT2D eigenvalue weighted by atomic mass is 10.2. The molecule has 3 aromatic carbocycles. The van der Waals surface area contributed by atoms with E-state index in [0.29, 0.717) is 17.0 Å². The van der Waals surface area contributed by atoms with Crippen LogP contribution in [-0.4, -0.2) is 17.3 Å². The van der Waals surface area contributed by atoms with Crippen molar-refractivity contribution in [3.8, 4) is 17.2 Å². The van der Waals surface area contributed by atoms with Crippen molar-refractivity contribution in [2.45, 2.75) is 19.2 Å². The maximum Gasteiger partial charge on any atom is 0.336 e. The van der Waals surface area contributed by atoms with E-state index in [-0.39, 0.29) is 27.5 Å². The third kappa shape index (κ3) is 6.75. The number of anilines is 1. The molecule has 0 aromatic heterocycles. The number of hydrogen-bond acceptors (Lipinski definition) is 4. The van der Waals surface area contributed by atoms with Crippen molar-refractivity contribution in [2.75, 3.05) is 5.32 Å². The van der Waals surface area contributed by atoms with Gasteiger partial charge in [-0.15, -0.1) is 11.6 Å². The van der Waals surface area contributed by atoms with Gasteiger partial charge in [-0.2, -0.15) is 0 Å². The lowest BCUT2D eigenvalue weighted by molar-refractivity contribution is -0.129. The zero-order chi connectivity index (χ0) is 24.0. The van der Waals surface area contributed by atoms with Gasteiger partial charge in [-0.1, -0.05) is 53.5 Å². The van der Waals surface area contributed by atoms with Crippen LogP contribution >= 0.6 is 34.8 Å². The number of rotatable bonds is 7. The van der Waals surface area contributed by atoms with E-state index in [9.17, 15) is 9.59 Å². The van der Waals surface area contributed by atoms with Crippen molar-refractivity contribution in [1.29, 1.82) is 0 Å². The first-order valence-corrected chi connectivity index (χ1v) is 11.1. The van der Waals surface area contributed by atoms with E-state index < -0.39 is 11.3 Å². The molecule has 8 heteroatoms. The number of ether oxygens (including phenoxy) is 2. The summed E-state index contributed by atoms with van der Waals surface area (Å²) in [5.74, 6) is 0.0306. The normalized spacial score (nSPS) is 11.8. The third-order valence-corrected chi connectivity index (χ3v) is 5.43. The average Bonchev–Trinajstić information content (AvgIpc) is 2.80. The molecule has 0 saturated heterocycles. The summed E-state index contributed by atoms with van der Waals surface area (Å²) in [6.07, 6.45) is 2.98. The molecule has 1 amide bonds. The fourth-order valence-corrected chi connectivity index (χ4v) is 3.28. The van der Waals surface area contributed by atoms with E-state index in [1.807, 2.05) is 30.3 Å². The molecule has 0 bridgehead atoms. The molecule has 0 aliphatic rings. The first kappa shape index (κ1) is 24.6. The molecule has 3 rings (SSSR count). The van der Waals surface area contributed by atoms with Gasteiger partial charge in [0.05, 0.1) is 10.0 Å². The molecule has 0 radical (unpaired) electrons. The molecule has 1 unspecified atom stereocenters. The molecule has 5 nitrogen and oxygen atoms in total. The highest BCUT2D eigenvalue weighted by molar-refractivity contribution is 6.38. The van der Waals surface area contributed by atoms with Crippen LogP contribution in [0.25, 0.3) is 6.08 Å². The number of amides is 1. The zero-order valence-corrected chi connectivity index (χ0v) is 20.0. The smallest absolute Gasteiger partial charge is 0.336 e. The van der Waals surface area contributed by atoms with Gasteiger partial charge in [0, 0.05) is 23.4 Å². The van der Waals surface area contributed by atoms with Gasteiger partial charge < -0.3 is 14.8 Å². The molecule has 0 saturated carbocycles. The SMILES string of the molecule is Cc1c(OC(=O)C=Cc2ccccc2)cc(Cl)c(Oc2ccc(NC(=O)C(C)Cl)cc2)c1Cl. The number of hydrogen-bond donors (Lipinski definition) is 1. The van der Waals surface area contributed by atoms with Crippen LogP contribution in [0, 0.1) is 6.92 Å². The van der Waals surface area contributed by atoms with E-state index in [4.69, 9.17) is 44.3 Å². The van der Waals surface area contributed by atoms with Gasteiger partial charge in [0.15, 0.2) is 5.75 Å². The van der Waals surface area contributed by atoms with Gasteiger partial charge >= 0.3 is 5.97 Å². The molecule has 3 aromatic rings. The Morgan fingerprint density at radius 2 is 1.70 bits per heavy atom. The molecule has 1 atom stereocenters. The lowest BCUT2D eigenvalue weighted by Crippen LogP contribution is -2.20. The van der Waals surface area contributed by atoms with E-state index in [1.54, 1.807) is 44.2 Å². The first-order valence-electron chi connectivity index (χ1n) is 9.91. The van der Waals surface area contributed by atoms with Crippen LogP contribution in [-0.2, 0) is 9.59 Å². The van der Waals surface area contributed by atoms with Crippen molar-refractivity contribution in [1.82, 2.24) is 0 Å². The fraction of sp³-hybridized carbons (Fsp3) is 0.120. The zero-order valence-electron chi connectivity index (χ0n) is 17.8.